The molecule has 338 valence electrons. The van der Waals surface area contributed by atoms with E-state index in [-0.39, 0.29) is 35.8 Å². The maximum atomic E-state index is 12.8. The Kier molecular flexibility index (Phi) is 18.9. The zero-order valence-corrected chi connectivity index (χ0v) is 41.3. The van der Waals surface area contributed by atoms with Crippen LogP contribution in [0.4, 0.5) is 10.5 Å². The second-order valence-electron chi connectivity index (χ2n) is 17.2. The minimum absolute atomic E-state index is 0.0296. The molecule has 3 N–H and O–H groups in total. The van der Waals surface area contributed by atoms with Crippen LogP contribution in [0.2, 0.25) is 20.1 Å². The Labute approximate surface area is 403 Å². The lowest BCUT2D eigenvalue weighted by atomic mass is 9.81. The molecule has 2 aliphatic rings. The molecule has 0 heterocycles. The van der Waals surface area contributed by atoms with Gasteiger partial charge in [0, 0.05) is 44.3 Å². The SMILES string of the molecule is CC(NC(=O)C(C#N)C(C)(C)C)c1ccc(Cl)cc1Cl.CCC1(C(=O)NC(C)c2ccc(Cl)cc2)C(C)C1(Cl)Cl.O=C(Nc1ccccc1)N(Cc1ccc(Cl)cc1)C1CCCC1. The fraction of sp³-hybridized carbons (Fsp3) is 0.429. The summed E-state index contributed by atoms with van der Waals surface area (Å²) in [5.74, 6) is -1.13. The van der Waals surface area contributed by atoms with E-state index in [1.54, 1.807) is 18.2 Å². The summed E-state index contributed by atoms with van der Waals surface area (Å²) in [6.07, 6.45) is 5.17. The number of hydrogen-bond acceptors (Lipinski definition) is 4. The Bertz CT molecular complexity index is 2190. The number of carbonyl (C=O) groups is 3. The molecule has 2 fully saturated rings. The lowest BCUT2D eigenvalue weighted by Gasteiger charge is -2.29. The molecular formula is C49H57Cl6N5O3. The monoisotopic (exact) mass is 973 g/mol. The largest absolute Gasteiger partial charge is 0.349 e. The molecule has 4 amide bonds. The molecule has 0 aliphatic heterocycles. The number of rotatable bonds is 11. The first-order chi connectivity index (χ1) is 29.7. The third kappa shape index (κ3) is 13.7. The summed E-state index contributed by atoms with van der Waals surface area (Å²) in [5, 5.41) is 20.4. The van der Waals surface area contributed by atoms with Crippen molar-refractivity contribution in [3.63, 3.8) is 0 Å². The van der Waals surface area contributed by atoms with Gasteiger partial charge in [0.2, 0.25) is 11.8 Å². The Hall–Kier alpha value is -3.68. The summed E-state index contributed by atoms with van der Waals surface area (Å²) < 4.78 is -0.967. The highest BCUT2D eigenvalue weighted by atomic mass is 35.5. The van der Waals surface area contributed by atoms with Gasteiger partial charge in [0.25, 0.3) is 0 Å². The van der Waals surface area contributed by atoms with Crippen LogP contribution in [0.15, 0.2) is 97.1 Å². The van der Waals surface area contributed by atoms with Gasteiger partial charge in [-0.3, -0.25) is 9.59 Å². The van der Waals surface area contributed by atoms with Crippen LogP contribution in [0, 0.1) is 34.0 Å². The number of nitriles is 1. The van der Waals surface area contributed by atoms with Crippen LogP contribution in [0.5, 0.6) is 0 Å². The summed E-state index contributed by atoms with van der Waals surface area (Å²) in [5.41, 5.74) is 2.60. The normalized spacial score (nSPS) is 19.0. The third-order valence-electron chi connectivity index (χ3n) is 11.8. The van der Waals surface area contributed by atoms with Crippen molar-refractivity contribution in [3.8, 4) is 6.07 Å². The number of nitrogens with zero attached hydrogens (tertiary/aromatic N) is 2. The van der Waals surface area contributed by atoms with Gasteiger partial charge in [0.05, 0.1) is 23.6 Å². The Morgan fingerprint density at radius 1 is 0.810 bits per heavy atom. The molecule has 63 heavy (non-hydrogen) atoms. The lowest BCUT2D eigenvalue weighted by Crippen LogP contribution is -2.41. The number of benzene rings is 4. The third-order valence-corrected chi connectivity index (χ3v) is 14.2. The highest BCUT2D eigenvalue weighted by Gasteiger charge is 2.76. The van der Waals surface area contributed by atoms with Gasteiger partial charge in [-0.1, -0.05) is 142 Å². The average Bonchev–Trinajstić information content (AvgIpc) is 3.51. The molecule has 0 saturated heterocycles. The fourth-order valence-electron chi connectivity index (χ4n) is 7.81. The van der Waals surface area contributed by atoms with Crippen LogP contribution in [0.25, 0.3) is 0 Å². The summed E-state index contributed by atoms with van der Waals surface area (Å²) in [6.45, 7) is 13.8. The summed E-state index contributed by atoms with van der Waals surface area (Å²) in [7, 11) is 0. The van der Waals surface area contributed by atoms with Gasteiger partial charge in [0.15, 0.2) is 0 Å². The maximum absolute atomic E-state index is 12.8. The number of carbonyl (C=O) groups excluding carboxylic acids is 3. The molecule has 0 radical (unpaired) electrons. The molecule has 2 aliphatic carbocycles. The van der Waals surface area contributed by atoms with E-state index in [4.69, 9.17) is 74.9 Å². The van der Waals surface area contributed by atoms with Gasteiger partial charge in [-0.2, -0.15) is 5.26 Å². The number of amides is 4. The number of hydrogen-bond donors (Lipinski definition) is 3. The van der Waals surface area contributed by atoms with E-state index < -0.39 is 21.1 Å². The lowest BCUT2D eigenvalue weighted by molar-refractivity contribution is -0.128. The molecule has 0 bridgehead atoms. The molecule has 8 nitrogen and oxygen atoms in total. The molecule has 5 atom stereocenters. The van der Waals surface area contributed by atoms with Crippen LogP contribution in [0.3, 0.4) is 0 Å². The number of halogens is 6. The molecule has 5 unspecified atom stereocenters. The first kappa shape index (κ1) is 51.9. The zero-order valence-electron chi connectivity index (χ0n) is 36.8. The Balaban J connectivity index is 0.000000208. The first-order valence-corrected chi connectivity index (χ1v) is 23.4. The number of anilines is 1. The molecular weight excluding hydrogens is 919 g/mol. The van der Waals surface area contributed by atoms with E-state index in [2.05, 4.69) is 22.0 Å². The zero-order chi connectivity index (χ0) is 46.7. The van der Waals surface area contributed by atoms with E-state index in [0.29, 0.717) is 34.1 Å². The van der Waals surface area contributed by atoms with Crippen molar-refractivity contribution in [2.75, 3.05) is 5.32 Å². The second-order valence-corrected chi connectivity index (χ2v) is 20.3. The van der Waals surface area contributed by atoms with Gasteiger partial charge in [-0.05, 0) is 104 Å². The molecule has 6 rings (SSSR count). The second kappa shape index (κ2) is 23.0. The number of urea groups is 1. The standard InChI is InChI=1S/C19H21ClN2O.C15H18Cl3NO.C15H18Cl2N2O/c20-16-12-10-15(11-13-16)14-22(18-8-4-5-9-18)19(23)21-17-6-2-1-3-7-17;1-4-14(10(3)15(14,17)18)13(20)19-9(2)11-5-7-12(16)8-6-11;1-9(11-6-5-10(16)7-13(11)17)19-14(20)12(8-18)15(2,3)4/h1-3,6-7,10-13,18H,4-5,8-9,14H2,(H,21,23);5-10H,4H2,1-3H3,(H,19,20);5-7,9,12H,1-4H3,(H,19,20). The maximum Gasteiger partial charge on any atom is 0.322 e. The quantitative estimate of drug-likeness (QED) is 0.130. The summed E-state index contributed by atoms with van der Waals surface area (Å²) in [4.78, 5) is 39.4. The molecule has 4 aromatic rings. The van der Waals surface area contributed by atoms with Crippen LogP contribution >= 0.6 is 69.6 Å². The van der Waals surface area contributed by atoms with E-state index in [0.717, 1.165) is 40.2 Å². The van der Waals surface area contributed by atoms with Crippen molar-refractivity contribution in [1.82, 2.24) is 15.5 Å². The summed E-state index contributed by atoms with van der Waals surface area (Å²) >= 11 is 36.3. The van der Waals surface area contributed by atoms with Crippen LogP contribution in [0.1, 0.15) is 109 Å². The molecule has 0 spiro atoms. The highest BCUT2D eigenvalue weighted by molar-refractivity contribution is 6.53. The van der Waals surface area contributed by atoms with E-state index in [1.165, 1.54) is 12.8 Å². The average molecular weight is 977 g/mol. The van der Waals surface area contributed by atoms with Crippen molar-refractivity contribution in [2.24, 2.45) is 22.7 Å². The molecule has 0 aromatic heterocycles. The predicted octanol–water partition coefficient (Wildman–Crippen LogP) is 14.4. The molecule has 2 saturated carbocycles. The molecule has 14 heteroatoms. The number of alkyl halides is 2. The van der Waals surface area contributed by atoms with Gasteiger partial charge in [-0.25, -0.2) is 4.79 Å². The topological polar surface area (TPSA) is 114 Å². The predicted molar refractivity (Wildman–Crippen MR) is 261 cm³/mol. The van der Waals surface area contributed by atoms with E-state index in [1.807, 2.05) is 132 Å². The van der Waals surface area contributed by atoms with Crippen molar-refractivity contribution in [1.29, 1.82) is 5.26 Å². The van der Waals surface area contributed by atoms with Crippen LogP contribution in [-0.4, -0.2) is 33.1 Å². The van der Waals surface area contributed by atoms with Gasteiger partial charge >= 0.3 is 6.03 Å². The van der Waals surface area contributed by atoms with Crippen molar-refractivity contribution >= 4 is 93.1 Å². The highest BCUT2D eigenvalue weighted by Crippen LogP contribution is 2.70. The summed E-state index contributed by atoms with van der Waals surface area (Å²) in [6, 6.07) is 31.8. The Morgan fingerprint density at radius 3 is 1.84 bits per heavy atom. The fourth-order valence-corrected chi connectivity index (χ4v) is 9.66. The van der Waals surface area contributed by atoms with Crippen molar-refractivity contribution in [3.05, 3.63) is 134 Å². The van der Waals surface area contributed by atoms with Crippen LogP contribution in [-0.2, 0) is 16.1 Å². The molecule has 4 aromatic carbocycles. The van der Waals surface area contributed by atoms with Gasteiger partial charge < -0.3 is 20.9 Å². The Morgan fingerprint density at radius 2 is 1.35 bits per heavy atom. The van der Waals surface area contributed by atoms with E-state index >= 15 is 0 Å². The minimum atomic E-state index is -0.967. The minimum Gasteiger partial charge on any atom is -0.349 e. The number of para-hydroxylation sites is 1. The van der Waals surface area contributed by atoms with Crippen molar-refractivity contribution < 1.29 is 14.4 Å². The van der Waals surface area contributed by atoms with Crippen LogP contribution < -0.4 is 16.0 Å². The van der Waals surface area contributed by atoms with Crippen molar-refractivity contribution in [2.45, 2.75) is 110 Å². The smallest absolute Gasteiger partial charge is 0.322 e. The van der Waals surface area contributed by atoms with Gasteiger partial charge in [0.1, 0.15) is 10.3 Å². The van der Waals surface area contributed by atoms with E-state index in [9.17, 15) is 14.4 Å². The first-order valence-electron chi connectivity index (χ1n) is 21.1. The van der Waals surface area contributed by atoms with Gasteiger partial charge in [-0.15, -0.1) is 23.2 Å². The number of nitrogens with one attached hydrogen (secondary N) is 3.